The first-order valence-corrected chi connectivity index (χ1v) is 7.81. The van der Waals surface area contributed by atoms with Crippen LogP contribution in [0.5, 0.6) is 5.75 Å². The zero-order valence-electron chi connectivity index (χ0n) is 10.3. The highest BCUT2D eigenvalue weighted by atomic mass is 79.9. The first-order chi connectivity index (χ1) is 9.24. The summed E-state index contributed by atoms with van der Waals surface area (Å²) in [5.74, 6) is 0.918. The van der Waals surface area contributed by atoms with Crippen LogP contribution in [0.2, 0.25) is 0 Å². The highest BCUT2D eigenvalue weighted by Crippen LogP contribution is 2.38. The van der Waals surface area contributed by atoms with E-state index in [-0.39, 0.29) is 11.3 Å². The fourth-order valence-corrected chi connectivity index (χ4v) is 3.87. The molecule has 0 spiro atoms. The van der Waals surface area contributed by atoms with Gasteiger partial charge < -0.3 is 10.5 Å². The Morgan fingerprint density at radius 2 is 2.00 bits per heavy atom. The Bertz CT molecular complexity index is 590. The molecule has 1 heterocycles. The van der Waals surface area contributed by atoms with E-state index in [1.807, 2.05) is 36.4 Å². The molecule has 3 rings (SSSR count). The molecule has 0 saturated carbocycles. The maximum atomic E-state index is 6.36. The van der Waals surface area contributed by atoms with Crippen molar-refractivity contribution in [3.8, 4) is 5.75 Å². The third-order valence-corrected chi connectivity index (χ3v) is 4.92. The van der Waals surface area contributed by atoms with Gasteiger partial charge in [0.1, 0.15) is 12.4 Å². The lowest BCUT2D eigenvalue weighted by Crippen LogP contribution is -2.33. The van der Waals surface area contributed by atoms with E-state index in [9.17, 15) is 0 Å². The van der Waals surface area contributed by atoms with E-state index in [0.717, 1.165) is 15.8 Å². The molecule has 0 saturated heterocycles. The standard InChI is InChI=1S/C15H14BrNOS/c16-10-4-3-5-11(8-10)19-14-9-18-13-7-2-1-6-12(13)15(14)17/h1-8,14-15H,9,17H2. The summed E-state index contributed by atoms with van der Waals surface area (Å²) >= 11 is 5.26. The van der Waals surface area contributed by atoms with Crippen LogP contribution in [-0.4, -0.2) is 11.9 Å². The van der Waals surface area contributed by atoms with Crippen LogP contribution in [0.25, 0.3) is 0 Å². The Hall–Kier alpha value is -0.970. The molecule has 19 heavy (non-hydrogen) atoms. The lowest BCUT2D eigenvalue weighted by atomic mass is 10.0. The van der Waals surface area contributed by atoms with E-state index in [1.165, 1.54) is 4.90 Å². The smallest absolute Gasteiger partial charge is 0.124 e. The molecule has 2 atom stereocenters. The van der Waals surface area contributed by atoms with Crippen molar-refractivity contribution in [1.29, 1.82) is 0 Å². The predicted molar refractivity (Wildman–Crippen MR) is 82.7 cm³/mol. The molecule has 2 unspecified atom stereocenters. The predicted octanol–water partition coefficient (Wildman–Crippen LogP) is 4.00. The number of hydrogen-bond acceptors (Lipinski definition) is 3. The van der Waals surface area contributed by atoms with Gasteiger partial charge in [0.25, 0.3) is 0 Å². The summed E-state index contributed by atoms with van der Waals surface area (Å²) in [6.45, 7) is 0.648. The SMILES string of the molecule is NC1c2ccccc2OCC1Sc1cccc(Br)c1. The second-order valence-corrected chi connectivity index (χ2v) is 6.72. The van der Waals surface area contributed by atoms with Crippen molar-refractivity contribution < 1.29 is 4.74 Å². The number of benzene rings is 2. The van der Waals surface area contributed by atoms with Gasteiger partial charge in [0.2, 0.25) is 0 Å². The lowest BCUT2D eigenvalue weighted by Gasteiger charge is -2.30. The maximum Gasteiger partial charge on any atom is 0.124 e. The first kappa shape index (κ1) is 13.0. The zero-order chi connectivity index (χ0) is 13.2. The van der Waals surface area contributed by atoms with Crippen molar-refractivity contribution in [2.24, 2.45) is 5.73 Å². The van der Waals surface area contributed by atoms with Gasteiger partial charge in [-0.25, -0.2) is 0 Å². The van der Waals surface area contributed by atoms with Gasteiger partial charge in [0, 0.05) is 21.0 Å². The molecule has 0 radical (unpaired) electrons. The summed E-state index contributed by atoms with van der Waals surface area (Å²) in [5, 5.41) is 0.240. The van der Waals surface area contributed by atoms with Gasteiger partial charge in [0.05, 0.1) is 5.25 Å². The molecule has 0 amide bonds. The first-order valence-electron chi connectivity index (χ1n) is 6.13. The number of thioether (sulfide) groups is 1. The second-order valence-electron chi connectivity index (χ2n) is 4.49. The summed E-state index contributed by atoms with van der Waals surface area (Å²) in [6.07, 6.45) is 0. The summed E-state index contributed by atoms with van der Waals surface area (Å²) in [6, 6.07) is 16.3. The Morgan fingerprint density at radius 1 is 1.16 bits per heavy atom. The summed E-state index contributed by atoms with van der Waals surface area (Å²) in [4.78, 5) is 1.21. The van der Waals surface area contributed by atoms with E-state index in [1.54, 1.807) is 11.8 Å². The molecule has 1 aliphatic heterocycles. The number of ether oxygens (including phenoxy) is 1. The average Bonchev–Trinajstić information content (AvgIpc) is 2.42. The molecule has 2 aromatic rings. The number of para-hydroxylation sites is 1. The highest BCUT2D eigenvalue weighted by Gasteiger charge is 2.28. The molecule has 0 fully saturated rings. The molecule has 0 aromatic heterocycles. The van der Waals surface area contributed by atoms with Crippen molar-refractivity contribution in [3.05, 3.63) is 58.6 Å². The summed E-state index contributed by atoms with van der Waals surface area (Å²) < 4.78 is 6.88. The number of fused-ring (bicyclic) bond motifs is 1. The normalized spacial score (nSPS) is 21.6. The van der Waals surface area contributed by atoms with Crippen molar-refractivity contribution in [3.63, 3.8) is 0 Å². The number of hydrogen-bond donors (Lipinski definition) is 1. The zero-order valence-corrected chi connectivity index (χ0v) is 12.7. The van der Waals surface area contributed by atoms with Gasteiger partial charge in [-0.05, 0) is 24.3 Å². The van der Waals surface area contributed by atoms with E-state index in [0.29, 0.717) is 6.61 Å². The van der Waals surface area contributed by atoms with E-state index in [2.05, 4.69) is 28.1 Å². The van der Waals surface area contributed by atoms with E-state index < -0.39 is 0 Å². The summed E-state index contributed by atoms with van der Waals surface area (Å²) in [5.41, 5.74) is 7.46. The molecule has 1 aliphatic rings. The van der Waals surface area contributed by atoms with Crippen LogP contribution < -0.4 is 10.5 Å². The van der Waals surface area contributed by atoms with Crippen molar-refractivity contribution >= 4 is 27.7 Å². The molecule has 0 bridgehead atoms. The molecule has 0 aliphatic carbocycles. The summed E-state index contributed by atoms with van der Waals surface area (Å²) in [7, 11) is 0. The minimum Gasteiger partial charge on any atom is -0.492 e. The van der Waals surface area contributed by atoms with Gasteiger partial charge in [-0.15, -0.1) is 11.8 Å². The quantitative estimate of drug-likeness (QED) is 0.900. The molecular weight excluding hydrogens is 322 g/mol. The number of halogens is 1. The van der Waals surface area contributed by atoms with Crippen LogP contribution in [0.3, 0.4) is 0 Å². The Labute approximate surface area is 125 Å². The fourth-order valence-electron chi connectivity index (χ4n) is 2.19. The van der Waals surface area contributed by atoms with Gasteiger partial charge in [-0.1, -0.05) is 40.2 Å². The van der Waals surface area contributed by atoms with Crippen molar-refractivity contribution in [2.75, 3.05) is 6.61 Å². The lowest BCUT2D eigenvalue weighted by molar-refractivity contribution is 0.276. The average molecular weight is 336 g/mol. The van der Waals surface area contributed by atoms with Gasteiger partial charge >= 0.3 is 0 Å². The maximum absolute atomic E-state index is 6.36. The largest absolute Gasteiger partial charge is 0.492 e. The molecule has 2 nitrogen and oxygen atoms in total. The Kier molecular flexibility index (Phi) is 3.82. The minimum absolute atomic E-state index is 0.00827. The van der Waals surface area contributed by atoms with Gasteiger partial charge in [-0.2, -0.15) is 0 Å². The van der Waals surface area contributed by atoms with Gasteiger partial charge in [-0.3, -0.25) is 0 Å². The Balaban J connectivity index is 1.81. The fraction of sp³-hybridized carbons (Fsp3) is 0.200. The van der Waals surface area contributed by atoms with Crippen molar-refractivity contribution in [1.82, 2.24) is 0 Å². The minimum atomic E-state index is 0.00827. The molecule has 4 heteroatoms. The molecule has 2 N–H and O–H groups in total. The number of rotatable bonds is 2. The Morgan fingerprint density at radius 3 is 2.84 bits per heavy atom. The van der Waals surface area contributed by atoms with Crippen LogP contribution in [-0.2, 0) is 0 Å². The highest BCUT2D eigenvalue weighted by molar-refractivity contribution is 9.10. The molecule has 2 aromatic carbocycles. The van der Waals surface area contributed by atoms with Crippen LogP contribution >= 0.6 is 27.7 Å². The third-order valence-electron chi connectivity index (χ3n) is 3.17. The van der Waals surface area contributed by atoms with Crippen LogP contribution in [0.1, 0.15) is 11.6 Å². The third kappa shape index (κ3) is 2.81. The van der Waals surface area contributed by atoms with Crippen molar-refractivity contribution in [2.45, 2.75) is 16.2 Å². The van der Waals surface area contributed by atoms with Crippen LogP contribution in [0.15, 0.2) is 57.9 Å². The number of nitrogens with two attached hydrogens (primary N) is 1. The van der Waals surface area contributed by atoms with Crippen LogP contribution in [0, 0.1) is 0 Å². The molecular formula is C15H14BrNOS. The van der Waals surface area contributed by atoms with E-state index in [4.69, 9.17) is 10.5 Å². The van der Waals surface area contributed by atoms with Crippen LogP contribution in [0.4, 0.5) is 0 Å². The van der Waals surface area contributed by atoms with Gasteiger partial charge in [0.15, 0.2) is 0 Å². The molecule has 98 valence electrons. The van der Waals surface area contributed by atoms with E-state index >= 15 is 0 Å². The second kappa shape index (κ2) is 5.57. The topological polar surface area (TPSA) is 35.2 Å². The monoisotopic (exact) mass is 335 g/mol.